The second-order valence-corrected chi connectivity index (χ2v) is 10.1. The maximum Gasteiger partial charge on any atom is 0.244 e. The molecule has 0 saturated heterocycles. The largest absolute Gasteiger partial charge is 0.497 e. The van der Waals surface area contributed by atoms with Gasteiger partial charge in [-0.05, 0) is 48.4 Å². The number of anilines is 2. The van der Waals surface area contributed by atoms with Crippen LogP contribution < -0.4 is 15.4 Å². The number of amides is 2. The van der Waals surface area contributed by atoms with Crippen LogP contribution in [0, 0.1) is 0 Å². The third kappa shape index (κ3) is 6.61. The zero-order valence-electron chi connectivity index (χ0n) is 19.6. The number of carbonyl (C=O) groups excluding carboxylic acids is 2. The second-order valence-electron chi connectivity index (χ2n) is 7.93. The van der Waals surface area contributed by atoms with Crippen LogP contribution in [-0.4, -0.2) is 23.9 Å². The van der Waals surface area contributed by atoms with Crippen molar-refractivity contribution in [1.29, 1.82) is 0 Å². The summed E-state index contributed by atoms with van der Waals surface area (Å²) in [6, 6.07) is 22.9. The van der Waals surface area contributed by atoms with Crippen LogP contribution in [0.15, 0.2) is 77.7 Å². The van der Waals surface area contributed by atoms with E-state index in [1.165, 1.54) is 23.1 Å². The normalized spacial score (nSPS) is 11.7. The van der Waals surface area contributed by atoms with Crippen molar-refractivity contribution in [1.82, 2.24) is 4.98 Å². The van der Waals surface area contributed by atoms with E-state index in [0.717, 1.165) is 45.0 Å². The third-order valence-electron chi connectivity index (χ3n) is 5.30. The van der Waals surface area contributed by atoms with Crippen LogP contribution in [0.4, 0.5) is 10.8 Å². The summed E-state index contributed by atoms with van der Waals surface area (Å²) < 4.78 is 6.23. The first-order valence-corrected chi connectivity index (χ1v) is 13.1. The number of hydrogen-bond donors (Lipinski definition) is 2. The molecule has 0 fully saturated rings. The summed E-state index contributed by atoms with van der Waals surface area (Å²) in [7, 11) is 1.62. The molecule has 8 heteroatoms. The number of aromatic nitrogens is 1. The van der Waals surface area contributed by atoms with Crippen molar-refractivity contribution < 1.29 is 14.3 Å². The maximum absolute atomic E-state index is 13.4. The smallest absolute Gasteiger partial charge is 0.244 e. The number of unbranched alkanes of at least 4 members (excludes halogenated alkanes) is 1. The van der Waals surface area contributed by atoms with Crippen molar-refractivity contribution >= 4 is 55.9 Å². The quantitative estimate of drug-likeness (QED) is 0.229. The number of carbonyl (C=O) groups is 2. The number of fused-ring (bicyclic) bond motifs is 1. The predicted octanol–water partition coefficient (Wildman–Crippen LogP) is 6.91. The first-order valence-electron chi connectivity index (χ1n) is 11.4. The van der Waals surface area contributed by atoms with Gasteiger partial charge in [-0.25, -0.2) is 4.98 Å². The molecule has 3 aromatic carbocycles. The van der Waals surface area contributed by atoms with E-state index in [1.54, 1.807) is 7.11 Å². The van der Waals surface area contributed by atoms with E-state index in [4.69, 9.17) is 4.74 Å². The lowest BCUT2D eigenvalue weighted by molar-refractivity contribution is -0.116. The molecule has 1 atom stereocenters. The summed E-state index contributed by atoms with van der Waals surface area (Å²) in [5, 5.41) is 5.99. The molecule has 0 aliphatic rings. The molecule has 1 heterocycles. The van der Waals surface area contributed by atoms with Gasteiger partial charge in [-0.15, -0.1) is 11.8 Å². The van der Waals surface area contributed by atoms with Crippen LogP contribution in [-0.2, 0) is 9.59 Å². The number of nitrogens with zero attached hydrogens (tertiary/aromatic N) is 1. The predicted molar refractivity (Wildman–Crippen MR) is 144 cm³/mol. The van der Waals surface area contributed by atoms with Gasteiger partial charge in [-0.1, -0.05) is 61.1 Å². The fourth-order valence-corrected chi connectivity index (χ4v) is 5.48. The van der Waals surface area contributed by atoms with E-state index < -0.39 is 5.25 Å². The molecule has 0 aliphatic heterocycles. The standard InChI is InChI=1S/C27H27N3O3S2/c1-3-4-13-24(31)28-19-11-8-12-21(16-19)34-25(18-9-6-5-7-10-18)26(32)30-27-29-22-15-14-20(33-2)17-23(22)35-27/h5-12,14-17,25H,3-4,13H2,1-2H3,(H,28,31)(H,29,30,32). The van der Waals surface area contributed by atoms with Crippen LogP contribution in [0.3, 0.4) is 0 Å². The van der Waals surface area contributed by atoms with Gasteiger partial charge in [0, 0.05) is 17.0 Å². The van der Waals surface area contributed by atoms with E-state index >= 15 is 0 Å². The Morgan fingerprint density at radius 3 is 2.63 bits per heavy atom. The minimum absolute atomic E-state index is 0.00109. The summed E-state index contributed by atoms with van der Waals surface area (Å²) in [6.07, 6.45) is 2.32. The molecular formula is C27H27N3O3S2. The highest BCUT2D eigenvalue weighted by Crippen LogP contribution is 2.38. The Morgan fingerprint density at radius 2 is 1.86 bits per heavy atom. The van der Waals surface area contributed by atoms with Gasteiger partial charge >= 0.3 is 0 Å². The van der Waals surface area contributed by atoms with Crippen molar-refractivity contribution in [3.63, 3.8) is 0 Å². The number of thiazole rings is 1. The SMILES string of the molecule is CCCCC(=O)Nc1cccc(SC(C(=O)Nc2nc3ccc(OC)cc3s2)c2ccccc2)c1. The number of ether oxygens (including phenoxy) is 1. The zero-order valence-corrected chi connectivity index (χ0v) is 21.2. The van der Waals surface area contributed by atoms with Crippen molar-refractivity contribution in [2.45, 2.75) is 36.3 Å². The van der Waals surface area contributed by atoms with E-state index in [9.17, 15) is 9.59 Å². The Kier molecular flexibility index (Phi) is 8.39. The summed E-state index contributed by atoms with van der Waals surface area (Å²) in [5.74, 6) is 0.585. The first kappa shape index (κ1) is 24.8. The molecule has 180 valence electrons. The first-order chi connectivity index (χ1) is 17.1. The molecule has 0 spiro atoms. The molecule has 6 nitrogen and oxygen atoms in total. The van der Waals surface area contributed by atoms with Crippen LogP contribution >= 0.6 is 23.1 Å². The van der Waals surface area contributed by atoms with Crippen LogP contribution in [0.1, 0.15) is 37.0 Å². The molecule has 0 radical (unpaired) electrons. The number of benzene rings is 3. The Labute approximate surface area is 213 Å². The van der Waals surface area contributed by atoms with Gasteiger partial charge in [0.05, 0.1) is 17.3 Å². The Hall–Kier alpha value is -3.36. The van der Waals surface area contributed by atoms with Crippen LogP contribution in [0.2, 0.25) is 0 Å². The number of methoxy groups -OCH3 is 1. The van der Waals surface area contributed by atoms with E-state index in [-0.39, 0.29) is 11.8 Å². The number of hydrogen-bond acceptors (Lipinski definition) is 6. The van der Waals surface area contributed by atoms with Crippen molar-refractivity contribution in [3.05, 3.63) is 78.4 Å². The Bertz CT molecular complexity index is 1310. The molecule has 35 heavy (non-hydrogen) atoms. The average Bonchev–Trinajstić information content (AvgIpc) is 3.28. The van der Waals surface area contributed by atoms with Gasteiger partial charge in [-0.2, -0.15) is 0 Å². The van der Waals surface area contributed by atoms with E-state index in [0.29, 0.717) is 11.6 Å². The minimum atomic E-state index is -0.496. The Balaban J connectivity index is 1.54. The number of rotatable bonds is 10. The summed E-state index contributed by atoms with van der Waals surface area (Å²) >= 11 is 2.84. The van der Waals surface area contributed by atoms with Gasteiger partial charge < -0.3 is 15.4 Å². The lowest BCUT2D eigenvalue weighted by Crippen LogP contribution is -2.19. The van der Waals surface area contributed by atoms with E-state index in [1.807, 2.05) is 72.8 Å². The Morgan fingerprint density at radius 1 is 1.03 bits per heavy atom. The lowest BCUT2D eigenvalue weighted by Gasteiger charge is -2.17. The monoisotopic (exact) mass is 505 g/mol. The highest BCUT2D eigenvalue weighted by atomic mass is 32.2. The molecule has 1 aromatic heterocycles. The van der Waals surface area contributed by atoms with Gasteiger partial charge in [-0.3, -0.25) is 9.59 Å². The molecule has 4 aromatic rings. The highest BCUT2D eigenvalue weighted by Gasteiger charge is 2.23. The molecule has 4 rings (SSSR count). The minimum Gasteiger partial charge on any atom is -0.497 e. The van der Waals surface area contributed by atoms with Crippen LogP contribution in [0.25, 0.3) is 10.2 Å². The molecule has 0 saturated carbocycles. The van der Waals surface area contributed by atoms with Gasteiger partial charge in [0.15, 0.2) is 5.13 Å². The second kappa shape index (κ2) is 11.9. The molecule has 0 aliphatic carbocycles. The molecule has 1 unspecified atom stereocenters. The van der Waals surface area contributed by atoms with Crippen LogP contribution in [0.5, 0.6) is 5.75 Å². The van der Waals surface area contributed by atoms with Gasteiger partial charge in [0.25, 0.3) is 0 Å². The fourth-order valence-electron chi connectivity index (χ4n) is 3.50. The molecule has 0 bridgehead atoms. The van der Waals surface area contributed by atoms with Crippen molar-refractivity contribution in [3.8, 4) is 5.75 Å². The third-order valence-corrected chi connectivity index (χ3v) is 7.48. The van der Waals surface area contributed by atoms with E-state index in [2.05, 4.69) is 22.5 Å². The molecular weight excluding hydrogens is 478 g/mol. The van der Waals surface area contributed by atoms with Crippen molar-refractivity contribution in [2.75, 3.05) is 17.7 Å². The lowest BCUT2D eigenvalue weighted by atomic mass is 10.1. The number of thioether (sulfide) groups is 1. The maximum atomic E-state index is 13.4. The van der Waals surface area contributed by atoms with Gasteiger partial charge in [0.2, 0.25) is 11.8 Å². The molecule has 2 N–H and O–H groups in total. The highest BCUT2D eigenvalue weighted by molar-refractivity contribution is 8.00. The summed E-state index contributed by atoms with van der Waals surface area (Å²) in [6.45, 7) is 2.06. The molecule has 2 amide bonds. The summed E-state index contributed by atoms with van der Waals surface area (Å²) in [5.41, 5.74) is 2.42. The fraction of sp³-hybridized carbons (Fsp3) is 0.222. The van der Waals surface area contributed by atoms with Gasteiger partial charge in [0.1, 0.15) is 11.0 Å². The summed E-state index contributed by atoms with van der Waals surface area (Å²) in [4.78, 5) is 31.0. The zero-order chi connectivity index (χ0) is 24.6. The average molecular weight is 506 g/mol. The van der Waals surface area contributed by atoms with Crippen molar-refractivity contribution in [2.24, 2.45) is 0 Å². The number of nitrogens with one attached hydrogen (secondary N) is 2. The topological polar surface area (TPSA) is 80.3 Å².